The lowest BCUT2D eigenvalue weighted by atomic mass is 9.85. The van der Waals surface area contributed by atoms with Gasteiger partial charge in [-0.25, -0.2) is 0 Å². The molecule has 0 aromatic heterocycles. The summed E-state index contributed by atoms with van der Waals surface area (Å²) in [5.74, 6) is 0. The summed E-state index contributed by atoms with van der Waals surface area (Å²) in [6.07, 6.45) is 0.0590. The van der Waals surface area contributed by atoms with E-state index in [-0.39, 0.29) is 13.2 Å². The van der Waals surface area contributed by atoms with E-state index in [4.69, 9.17) is 4.74 Å². The van der Waals surface area contributed by atoms with Gasteiger partial charge in [0.2, 0.25) is 0 Å². The summed E-state index contributed by atoms with van der Waals surface area (Å²) in [7, 11) is 0. The molecule has 0 rings (SSSR count). The largest absolute Gasteiger partial charge is 0.394 e. The van der Waals surface area contributed by atoms with Crippen molar-refractivity contribution in [2.75, 3.05) is 13.2 Å². The van der Waals surface area contributed by atoms with Crippen molar-refractivity contribution in [3.8, 4) is 0 Å². The topological polar surface area (TPSA) is 90.2 Å². The van der Waals surface area contributed by atoms with Gasteiger partial charge in [0.1, 0.15) is 12.2 Å². The molecule has 0 aliphatic heterocycles. The minimum atomic E-state index is -1.01. The van der Waals surface area contributed by atoms with Gasteiger partial charge in [0.05, 0.1) is 24.4 Å². The van der Waals surface area contributed by atoms with E-state index in [1.165, 1.54) is 0 Å². The Morgan fingerprint density at radius 2 is 1.00 bits per heavy atom. The van der Waals surface area contributed by atoms with Crippen LogP contribution in [0, 0.1) is 0 Å². The fourth-order valence-electron chi connectivity index (χ4n) is 2.60. The van der Waals surface area contributed by atoms with E-state index in [0.29, 0.717) is 25.7 Å². The highest BCUT2D eigenvalue weighted by molar-refractivity contribution is 4.94. The zero-order valence-electron chi connectivity index (χ0n) is 12.6. The van der Waals surface area contributed by atoms with E-state index in [2.05, 4.69) is 0 Å². The molecule has 0 bridgehead atoms. The van der Waals surface area contributed by atoms with Crippen LogP contribution in [-0.2, 0) is 4.74 Å². The van der Waals surface area contributed by atoms with Crippen LogP contribution in [0.5, 0.6) is 0 Å². The van der Waals surface area contributed by atoms with Crippen LogP contribution in [0.3, 0.4) is 0 Å². The molecule has 4 N–H and O–H groups in total. The van der Waals surface area contributed by atoms with Crippen molar-refractivity contribution < 1.29 is 25.2 Å². The molecule has 0 amide bonds. The van der Waals surface area contributed by atoms with Gasteiger partial charge < -0.3 is 25.2 Å². The standard InChI is InChI=1S/C14H30O5/c1-5-13(6-2,11(17)9-15)19-14(7-3,8-4)12(18)10-16/h11-12,15-18H,5-10H2,1-4H3. The predicted octanol–water partition coefficient (Wildman–Crippen LogP) is 0.827. The third-order valence-electron chi connectivity index (χ3n) is 4.36. The van der Waals surface area contributed by atoms with Crippen molar-refractivity contribution >= 4 is 0 Å². The summed E-state index contributed by atoms with van der Waals surface area (Å²) in [5, 5.41) is 38.6. The van der Waals surface area contributed by atoms with E-state index < -0.39 is 23.4 Å². The Kier molecular flexibility index (Phi) is 8.08. The van der Waals surface area contributed by atoms with E-state index in [9.17, 15) is 20.4 Å². The first-order valence-electron chi connectivity index (χ1n) is 7.19. The molecular formula is C14H30O5. The number of aliphatic hydroxyl groups excluding tert-OH is 4. The number of ether oxygens (including phenoxy) is 1. The molecule has 0 aliphatic carbocycles. The number of hydrogen-bond acceptors (Lipinski definition) is 5. The highest BCUT2D eigenvalue weighted by atomic mass is 16.6. The highest BCUT2D eigenvalue weighted by Crippen LogP contribution is 2.36. The Hall–Kier alpha value is -0.200. The first kappa shape index (κ1) is 18.8. The fourth-order valence-corrected chi connectivity index (χ4v) is 2.60. The second kappa shape index (κ2) is 8.17. The van der Waals surface area contributed by atoms with Crippen LogP contribution in [0.15, 0.2) is 0 Å². The van der Waals surface area contributed by atoms with E-state index in [1.807, 2.05) is 27.7 Å². The molecule has 0 radical (unpaired) electrons. The highest BCUT2D eigenvalue weighted by Gasteiger charge is 2.46. The lowest BCUT2D eigenvalue weighted by Crippen LogP contribution is -2.57. The second-order valence-corrected chi connectivity index (χ2v) is 5.04. The van der Waals surface area contributed by atoms with Crippen LogP contribution >= 0.6 is 0 Å². The Bertz CT molecular complexity index is 212. The van der Waals surface area contributed by atoms with E-state index in [0.717, 1.165) is 0 Å². The molecule has 0 aromatic carbocycles. The van der Waals surface area contributed by atoms with Crippen LogP contribution in [0.1, 0.15) is 53.4 Å². The van der Waals surface area contributed by atoms with Crippen molar-refractivity contribution in [1.82, 2.24) is 0 Å². The molecule has 0 saturated carbocycles. The summed E-state index contributed by atoms with van der Waals surface area (Å²) >= 11 is 0. The average Bonchev–Trinajstić information content (AvgIpc) is 2.48. The molecule has 5 heteroatoms. The van der Waals surface area contributed by atoms with Crippen LogP contribution in [0.25, 0.3) is 0 Å². The Labute approximate surface area is 116 Å². The summed E-state index contributed by atoms with van der Waals surface area (Å²) in [6.45, 7) is 6.74. The monoisotopic (exact) mass is 278 g/mol. The minimum absolute atomic E-state index is 0.388. The molecule has 19 heavy (non-hydrogen) atoms. The van der Waals surface area contributed by atoms with Crippen LogP contribution in [0.2, 0.25) is 0 Å². The molecule has 0 fully saturated rings. The third-order valence-corrected chi connectivity index (χ3v) is 4.36. The van der Waals surface area contributed by atoms with Gasteiger partial charge in [-0.05, 0) is 25.7 Å². The van der Waals surface area contributed by atoms with Gasteiger partial charge in [0, 0.05) is 0 Å². The van der Waals surface area contributed by atoms with Gasteiger partial charge in [0.25, 0.3) is 0 Å². The lowest BCUT2D eigenvalue weighted by molar-refractivity contribution is -0.247. The molecule has 116 valence electrons. The van der Waals surface area contributed by atoms with Crippen molar-refractivity contribution in [3.63, 3.8) is 0 Å². The average molecular weight is 278 g/mol. The van der Waals surface area contributed by atoms with Gasteiger partial charge in [-0.15, -0.1) is 0 Å². The number of rotatable bonds is 10. The van der Waals surface area contributed by atoms with Crippen LogP contribution in [-0.4, -0.2) is 57.0 Å². The van der Waals surface area contributed by atoms with Crippen molar-refractivity contribution in [2.24, 2.45) is 0 Å². The fraction of sp³-hybridized carbons (Fsp3) is 1.00. The molecular weight excluding hydrogens is 248 g/mol. The van der Waals surface area contributed by atoms with Gasteiger partial charge >= 0.3 is 0 Å². The van der Waals surface area contributed by atoms with Crippen LogP contribution in [0.4, 0.5) is 0 Å². The molecule has 2 unspecified atom stereocenters. The summed E-state index contributed by atoms with van der Waals surface area (Å²) in [4.78, 5) is 0. The summed E-state index contributed by atoms with van der Waals surface area (Å²) in [6, 6.07) is 0. The predicted molar refractivity (Wildman–Crippen MR) is 73.9 cm³/mol. The zero-order valence-corrected chi connectivity index (χ0v) is 12.6. The molecule has 5 nitrogen and oxygen atoms in total. The molecule has 0 heterocycles. The van der Waals surface area contributed by atoms with Gasteiger partial charge in [0.15, 0.2) is 0 Å². The molecule has 0 aromatic rings. The maximum Gasteiger partial charge on any atom is 0.106 e. The van der Waals surface area contributed by atoms with Crippen molar-refractivity contribution in [3.05, 3.63) is 0 Å². The second-order valence-electron chi connectivity index (χ2n) is 5.04. The maximum atomic E-state index is 10.1. The SMILES string of the molecule is CCC(CC)(OC(CC)(CC)C(O)CO)C(O)CO. The Morgan fingerprint density at radius 3 is 1.16 bits per heavy atom. The lowest BCUT2D eigenvalue weighted by Gasteiger charge is -2.46. The Morgan fingerprint density at radius 1 is 0.737 bits per heavy atom. The third kappa shape index (κ3) is 3.89. The van der Waals surface area contributed by atoms with Gasteiger partial charge in [-0.3, -0.25) is 0 Å². The van der Waals surface area contributed by atoms with Gasteiger partial charge in [-0.2, -0.15) is 0 Å². The zero-order chi connectivity index (χ0) is 15.1. The Balaban J connectivity index is 5.37. The normalized spacial score (nSPS) is 16.4. The summed E-state index contributed by atoms with van der Waals surface area (Å²) in [5.41, 5.74) is -1.81. The number of aliphatic hydroxyl groups is 4. The molecule has 2 atom stereocenters. The first-order chi connectivity index (χ1) is 8.91. The smallest absolute Gasteiger partial charge is 0.106 e. The van der Waals surface area contributed by atoms with Crippen molar-refractivity contribution in [1.29, 1.82) is 0 Å². The minimum Gasteiger partial charge on any atom is -0.394 e. The summed E-state index contributed by atoms with van der Waals surface area (Å²) < 4.78 is 6.11. The number of hydrogen-bond donors (Lipinski definition) is 4. The quantitative estimate of drug-likeness (QED) is 0.475. The van der Waals surface area contributed by atoms with E-state index in [1.54, 1.807) is 0 Å². The maximum absolute atomic E-state index is 10.1. The van der Waals surface area contributed by atoms with E-state index >= 15 is 0 Å². The molecule has 0 aliphatic rings. The van der Waals surface area contributed by atoms with Gasteiger partial charge in [-0.1, -0.05) is 27.7 Å². The van der Waals surface area contributed by atoms with Crippen molar-refractivity contribution in [2.45, 2.75) is 76.8 Å². The van der Waals surface area contributed by atoms with Crippen LogP contribution < -0.4 is 0 Å². The molecule has 0 saturated heterocycles. The molecule has 0 spiro atoms. The first-order valence-corrected chi connectivity index (χ1v) is 7.19.